The van der Waals surface area contributed by atoms with Gasteiger partial charge in [-0.2, -0.15) is 0 Å². The van der Waals surface area contributed by atoms with Crippen LogP contribution < -0.4 is 0 Å². The maximum Gasteiger partial charge on any atom is 0.339 e. The van der Waals surface area contributed by atoms with Gasteiger partial charge < -0.3 is 19.7 Å². The average Bonchev–Trinajstić information content (AvgIpc) is 2.53. The van der Waals surface area contributed by atoms with Crippen LogP contribution in [-0.4, -0.2) is 40.5 Å². The Morgan fingerprint density at radius 1 is 1.08 bits per heavy atom. The Morgan fingerprint density at radius 2 is 1.75 bits per heavy atom. The van der Waals surface area contributed by atoms with E-state index in [1.807, 2.05) is 6.92 Å². The minimum atomic E-state index is -1.34. The summed E-state index contributed by atoms with van der Waals surface area (Å²) in [6.07, 6.45) is 1.65. The summed E-state index contributed by atoms with van der Waals surface area (Å²) in [5, 5.41) is 18.1. The van der Waals surface area contributed by atoms with Crippen molar-refractivity contribution in [3.8, 4) is 0 Å². The molecule has 24 heavy (non-hydrogen) atoms. The van der Waals surface area contributed by atoms with Crippen LogP contribution in [-0.2, 0) is 9.53 Å². The Hall–Kier alpha value is -2.70. The molecule has 0 aliphatic rings. The zero-order chi connectivity index (χ0) is 18.3. The van der Waals surface area contributed by atoms with Gasteiger partial charge in [0.2, 0.25) is 0 Å². The van der Waals surface area contributed by atoms with Gasteiger partial charge in [-0.25, -0.2) is 14.4 Å². The van der Waals surface area contributed by atoms with Gasteiger partial charge in [0.15, 0.2) is 0 Å². The molecular weight excluding hydrogens is 316 g/mol. The zero-order valence-electron chi connectivity index (χ0n) is 13.6. The molecule has 1 aromatic rings. The van der Waals surface area contributed by atoms with Gasteiger partial charge in [0.1, 0.15) is 5.78 Å². The maximum atomic E-state index is 12.2. The highest BCUT2D eigenvalue weighted by molar-refractivity contribution is 6.04. The highest BCUT2D eigenvalue weighted by atomic mass is 16.5. The summed E-state index contributed by atoms with van der Waals surface area (Å²) >= 11 is 0. The first-order chi connectivity index (χ1) is 11.3. The van der Waals surface area contributed by atoms with Crippen molar-refractivity contribution in [3.05, 3.63) is 34.9 Å². The third-order valence-corrected chi connectivity index (χ3v) is 3.65. The molecular formula is C17H20O7. The first-order valence-electron chi connectivity index (χ1n) is 7.53. The van der Waals surface area contributed by atoms with E-state index in [2.05, 4.69) is 0 Å². The number of carbonyl (C=O) groups excluding carboxylic acids is 2. The minimum absolute atomic E-state index is 0.0196. The molecule has 1 aromatic carbocycles. The van der Waals surface area contributed by atoms with E-state index in [-0.39, 0.29) is 35.0 Å². The van der Waals surface area contributed by atoms with E-state index >= 15 is 0 Å². The van der Waals surface area contributed by atoms with Gasteiger partial charge in [0, 0.05) is 6.42 Å². The summed E-state index contributed by atoms with van der Waals surface area (Å²) in [5.74, 6) is -3.48. The van der Waals surface area contributed by atoms with Crippen molar-refractivity contribution < 1.29 is 34.1 Å². The number of rotatable bonds is 9. The largest absolute Gasteiger partial charge is 0.478 e. The standard InChI is InChI=1S/C17H20O7/c1-3-11(5-4-10(2)18)9-24-17(23)14-8-12(15(19)20)6-7-13(14)16(21)22/h6-8,11H,3-5,9H2,1-2H3,(H,19,20)(H,21,22). The molecule has 1 rings (SSSR count). The lowest BCUT2D eigenvalue weighted by molar-refractivity contribution is -0.117. The van der Waals surface area contributed by atoms with Crippen molar-refractivity contribution >= 4 is 23.7 Å². The number of esters is 1. The quantitative estimate of drug-likeness (QED) is 0.665. The van der Waals surface area contributed by atoms with Crippen LogP contribution in [0, 0.1) is 5.92 Å². The van der Waals surface area contributed by atoms with Crippen molar-refractivity contribution in [1.29, 1.82) is 0 Å². The second kappa shape index (κ2) is 8.81. The number of ether oxygens (including phenoxy) is 1. The third-order valence-electron chi connectivity index (χ3n) is 3.65. The lowest BCUT2D eigenvalue weighted by Gasteiger charge is -2.15. The van der Waals surface area contributed by atoms with Gasteiger partial charge in [-0.05, 0) is 37.5 Å². The Labute approximate surface area is 139 Å². The predicted molar refractivity (Wildman–Crippen MR) is 84.3 cm³/mol. The van der Waals surface area contributed by atoms with Crippen LogP contribution >= 0.6 is 0 Å². The zero-order valence-corrected chi connectivity index (χ0v) is 13.6. The fourth-order valence-corrected chi connectivity index (χ4v) is 2.12. The normalized spacial score (nSPS) is 11.6. The van der Waals surface area contributed by atoms with E-state index in [0.29, 0.717) is 19.3 Å². The van der Waals surface area contributed by atoms with Gasteiger partial charge >= 0.3 is 17.9 Å². The van der Waals surface area contributed by atoms with E-state index in [4.69, 9.17) is 14.9 Å². The average molecular weight is 336 g/mol. The molecule has 0 aliphatic carbocycles. The molecule has 7 nitrogen and oxygen atoms in total. The molecule has 0 spiro atoms. The number of carbonyl (C=O) groups is 4. The van der Waals surface area contributed by atoms with Gasteiger partial charge in [-0.1, -0.05) is 13.3 Å². The Balaban J connectivity index is 2.89. The van der Waals surface area contributed by atoms with Crippen LogP contribution in [0.2, 0.25) is 0 Å². The highest BCUT2D eigenvalue weighted by Gasteiger charge is 2.21. The third kappa shape index (κ3) is 5.49. The smallest absolute Gasteiger partial charge is 0.339 e. The van der Waals surface area contributed by atoms with E-state index in [1.54, 1.807) is 0 Å². The first kappa shape index (κ1) is 19.3. The summed E-state index contributed by atoms with van der Waals surface area (Å²) in [5.41, 5.74) is -0.818. The molecule has 0 heterocycles. The van der Waals surface area contributed by atoms with E-state index in [9.17, 15) is 19.2 Å². The summed E-state index contributed by atoms with van der Waals surface area (Å²) < 4.78 is 5.13. The molecule has 0 amide bonds. The minimum Gasteiger partial charge on any atom is -0.478 e. The Kier molecular flexibility index (Phi) is 7.10. The van der Waals surface area contributed by atoms with Crippen molar-refractivity contribution in [2.75, 3.05) is 6.61 Å². The van der Waals surface area contributed by atoms with Crippen LogP contribution in [0.25, 0.3) is 0 Å². The molecule has 7 heteroatoms. The molecule has 0 saturated carbocycles. The van der Waals surface area contributed by atoms with Gasteiger partial charge in [0.05, 0.1) is 23.3 Å². The monoisotopic (exact) mass is 336 g/mol. The van der Waals surface area contributed by atoms with Crippen molar-refractivity contribution in [1.82, 2.24) is 0 Å². The molecule has 0 radical (unpaired) electrons. The maximum absolute atomic E-state index is 12.2. The van der Waals surface area contributed by atoms with Crippen LogP contribution in [0.1, 0.15) is 64.2 Å². The lowest BCUT2D eigenvalue weighted by Crippen LogP contribution is -2.18. The molecule has 2 N–H and O–H groups in total. The number of carboxylic acids is 2. The predicted octanol–water partition coefficient (Wildman–Crippen LogP) is 2.64. The van der Waals surface area contributed by atoms with Gasteiger partial charge in [-0.15, -0.1) is 0 Å². The molecule has 0 fully saturated rings. The molecule has 0 bridgehead atoms. The van der Waals surface area contributed by atoms with Gasteiger partial charge in [-0.3, -0.25) is 0 Å². The topological polar surface area (TPSA) is 118 Å². The van der Waals surface area contributed by atoms with Crippen LogP contribution in [0.15, 0.2) is 18.2 Å². The van der Waals surface area contributed by atoms with E-state index < -0.39 is 17.9 Å². The molecule has 0 aliphatic heterocycles. The molecule has 1 atom stereocenters. The number of hydrogen-bond donors (Lipinski definition) is 2. The Bertz CT molecular complexity index is 648. The van der Waals surface area contributed by atoms with E-state index in [0.717, 1.165) is 18.2 Å². The number of ketones is 1. The summed E-state index contributed by atoms with van der Waals surface area (Å²) in [7, 11) is 0. The van der Waals surface area contributed by atoms with Crippen molar-refractivity contribution in [2.24, 2.45) is 5.92 Å². The van der Waals surface area contributed by atoms with Crippen LogP contribution in [0.5, 0.6) is 0 Å². The van der Waals surface area contributed by atoms with Crippen LogP contribution in [0.3, 0.4) is 0 Å². The van der Waals surface area contributed by atoms with Crippen LogP contribution in [0.4, 0.5) is 0 Å². The molecule has 130 valence electrons. The second-order valence-electron chi connectivity index (χ2n) is 5.48. The second-order valence-corrected chi connectivity index (χ2v) is 5.48. The first-order valence-corrected chi connectivity index (χ1v) is 7.53. The highest BCUT2D eigenvalue weighted by Crippen LogP contribution is 2.17. The summed E-state index contributed by atoms with van der Waals surface area (Å²) in [6.45, 7) is 3.42. The lowest BCUT2D eigenvalue weighted by atomic mass is 10.00. The Morgan fingerprint density at radius 3 is 2.25 bits per heavy atom. The van der Waals surface area contributed by atoms with Crippen molar-refractivity contribution in [2.45, 2.75) is 33.1 Å². The number of aromatic carboxylic acids is 2. The number of Topliss-reactive ketones (excluding diaryl/α,β-unsaturated/α-hetero) is 1. The van der Waals surface area contributed by atoms with Gasteiger partial charge in [0.25, 0.3) is 0 Å². The SMILES string of the molecule is CCC(CCC(C)=O)COC(=O)c1cc(C(=O)O)ccc1C(=O)O. The number of benzene rings is 1. The van der Waals surface area contributed by atoms with Crippen molar-refractivity contribution in [3.63, 3.8) is 0 Å². The number of carboxylic acid groups (broad SMARTS) is 2. The molecule has 0 saturated heterocycles. The molecule has 0 aromatic heterocycles. The fourth-order valence-electron chi connectivity index (χ4n) is 2.12. The van der Waals surface area contributed by atoms with E-state index in [1.165, 1.54) is 6.92 Å². The molecule has 1 unspecified atom stereocenters. The summed E-state index contributed by atoms with van der Waals surface area (Å²) in [6, 6.07) is 3.17. The summed E-state index contributed by atoms with van der Waals surface area (Å²) in [4.78, 5) is 45.3. The number of hydrogen-bond acceptors (Lipinski definition) is 5. The fraction of sp³-hybridized carbons (Fsp3) is 0.412.